The molecule has 1 aromatic carbocycles. The molecule has 124 valence electrons. The lowest BCUT2D eigenvalue weighted by atomic mass is 10.00. The molecule has 1 fully saturated rings. The Balaban J connectivity index is 0.00000242. The Kier molecular flexibility index (Phi) is 6.40. The number of sulfone groups is 1. The third-order valence-electron chi connectivity index (χ3n) is 3.81. The molecule has 0 bridgehead atoms. The third kappa shape index (κ3) is 4.69. The van der Waals surface area contributed by atoms with Crippen LogP contribution in [0.3, 0.4) is 0 Å². The molecule has 2 atom stereocenters. The molecule has 22 heavy (non-hydrogen) atoms. The molecule has 0 spiro atoms. The van der Waals surface area contributed by atoms with Crippen molar-refractivity contribution < 1.29 is 13.2 Å². The van der Waals surface area contributed by atoms with Gasteiger partial charge >= 0.3 is 0 Å². The minimum absolute atomic E-state index is 0. The maximum Gasteiger partial charge on any atom is 0.251 e. The highest BCUT2D eigenvalue weighted by atomic mass is 35.5. The fourth-order valence-electron chi connectivity index (χ4n) is 2.67. The maximum absolute atomic E-state index is 12.3. The van der Waals surface area contributed by atoms with Gasteiger partial charge in [0.1, 0.15) is 0 Å². The summed E-state index contributed by atoms with van der Waals surface area (Å²) in [6.07, 6.45) is 2.93. The summed E-state index contributed by atoms with van der Waals surface area (Å²) in [5, 5.41) is 6.32. The van der Waals surface area contributed by atoms with Crippen LogP contribution in [0.5, 0.6) is 0 Å². The van der Waals surface area contributed by atoms with E-state index < -0.39 is 9.84 Å². The van der Waals surface area contributed by atoms with Crippen molar-refractivity contribution >= 4 is 28.2 Å². The molecule has 0 aromatic heterocycles. The molecule has 2 N–H and O–H groups in total. The highest BCUT2D eigenvalue weighted by Crippen LogP contribution is 2.17. The summed E-state index contributed by atoms with van der Waals surface area (Å²) in [7, 11) is -3.32. The fourth-order valence-corrected chi connectivity index (χ4v) is 3.67. The quantitative estimate of drug-likeness (QED) is 0.873. The van der Waals surface area contributed by atoms with Gasteiger partial charge in [-0.3, -0.25) is 4.79 Å². The Morgan fingerprint density at radius 2 is 2.05 bits per heavy atom. The number of amides is 1. The molecule has 0 aliphatic carbocycles. The van der Waals surface area contributed by atoms with Crippen molar-refractivity contribution in [3.8, 4) is 0 Å². The van der Waals surface area contributed by atoms with E-state index in [2.05, 4.69) is 17.6 Å². The molecule has 1 amide bonds. The van der Waals surface area contributed by atoms with Crippen molar-refractivity contribution in [2.45, 2.75) is 43.7 Å². The van der Waals surface area contributed by atoms with Gasteiger partial charge < -0.3 is 10.6 Å². The number of piperidine rings is 1. The van der Waals surface area contributed by atoms with Crippen LogP contribution in [-0.4, -0.2) is 39.2 Å². The molecule has 1 aliphatic rings. The van der Waals surface area contributed by atoms with E-state index >= 15 is 0 Å². The van der Waals surface area contributed by atoms with Crippen molar-refractivity contribution in [2.75, 3.05) is 12.8 Å². The third-order valence-corrected chi connectivity index (χ3v) is 5.05. The Bertz CT molecular complexity index is 646. The normalized spacial score (nSPS) is 21.8. The Morgan fingerprint density at radius 1 is 1.36 bits per heavy atom. The molecular formula is C15H23ClN2O3S. The van der Waals surface area contributed by atoms with Crippen molar-refractivity contribution in [1.82, 2.24) is 10.6 Å². The Labute approximate surface area is 138 Å². The molecule has 0 saturated carbocycles. The summed E-state index contributed by atoms with van der Waals surface area (Å²) < 4.78 is 23.4. The van der Waals surface area contributed by atoms with E-state index in [4.69, 9.17) is 0 Å². The number of carbonyl (C=O) groups excluding carboxylic acids is 1. The van der Waals surface area contributed by atoms with E-state index in [1.807, 2.05) is 0 Å². The molecule has 1 aliphatic heterocycles. The van der Waals surface area contributed by atoms with Gasteiger partial charge in [0, 0.05) is 23.9 Å². The Morgan fingerprint density at radius 3 is 2.64 bits per heavy atom. The topological polar surface area (TPSA) is 75.3 Å². The Hall–Kier alpha value is -1.11. The van der Waals surface area contributed by atoms with Crippen LogP contribution in [0, 0.1) is 6.92 Å². The van der Waals surface area contributed by atoms with Crippen LogP contribution in [0.15, 0.2) is 23.1 Å². The molecule has 2 rings (SSSR count). The minimum atomic E-state index is -3.32. The van der Waals surface area contributed by atoms with Gasteiger partial charge in [0.25, 0.3) is 5.91 Å². The van der Waals surface area contributed by atoms with Gasteiger partial charge in [-0.15, -0.1) is 12.4 Å². The lowest BCUT2D eigenvalue weighted by molar-refractivity contribution is 0.0925. The van der Waals surface area contributed by atoms with Gasteiger partial charge in [-0.05, 0) is 50.9 Å². The predicted octanol–water partition coefficient (Wildman–Crippen LogP) is 1.69. The van der Waals surface area contributed by atoms with Crippen LogP contribution in [0.2, 0.25) is 0 Å². The second-order valence-corrected chi connectivity index (χ2v) is 7.79. The monoisotopic (exact) mass is 346 g/mol. The zero-order valence-corrected chi connectivity index (χ0v) is 14.7. The average molecular weight is 347 g/mol. The van der Waals surface area contributed by atoms with E-state index in [-0.39, 0.29) is 29.3 Å². The SMILES string of the molecule is Cc1ccc(C(=O)NC2CCNC(C)C2)cc1S(C)(=O)=O.Cl. The summed E-state index contributed by atoms with van der Waals surface area (Å²) in [5.74, 6) is -0.209. The summed E-state index contributed by atoms with van der Waals surface area (Å²) in [5.41, 5.74) is 1.05. The average Bonchev–Trinajstić information content (AvgIpc) is 2.37. The predicted molar refractivity (Wildman–Crippen MR) is 89.5 cm³/mol. The van der Waals surface area contributed by atoms with Crippen LogP contribution >= 0.6 is 12.4 Å². The first-order valence-corrected chi connectivity index (χ1v) is 9.01. The summed E-state index contributed by atoms with van der Waals surface area (Å²) in [6, 6.07) is 5.33. The van der Waals surface area contributed by atoms with Crippen LogP contribution < -0.4 is 10.6 Å². The van der Waals surface area contributed by atoms with E-state index in [0.717, 1.165) is 25.6 Å². The van der Waals surface area contributed by atoms with Crippen LogP contribution in [-0.2, 0) is 9.84 Å². The first-order valence-electron chi connectivity index (χ1n) is 7.12. The second-order valence-electron chi connectivity index (χ2n) is 5.80. The van der Waals surface area contributed by atoms with Crippen LogP contribution in [0.4, 0.5) is 0 Å². The first-order chi connectivity index (χ1) is 9.77. The van der Waals surface area contributed by atoms with Crippen molar-refractivity contribution in [3.63, 3.8) is 0 Å². The lowest BCUT2D eigenvalue weighted by Crippen LogP contribution is -2.46. The summed E-state index contributed by atoms with van der Waals surface area (Å²) in [6.45, 7) is 4.70. The number of halogens is 1. The van der Waals surface area contributed by atoms with E-state index in [9.17, 15) is 13.2 Å². The highest BCUT2D eigenvalue weighted by molar-refractivity contribution is 7.90. The lowest BCUT2D eigenvalue weighted by Gasteiger charge is -2.28. The van der Waals surface area contributed by atoms with Gasteiger partial charge in [-0.2, -0.15) is 0 Å². The number of rotatable bonds is 3. The zero-order chi connectivity index (χ0) is 15.6. The van der Waals surface area contributed by atoms with Crippen LogP contribution in [0.25, 0.3) is 0 Å². The van der Waals surface area contributed by atoms with Gasteiger partial charge in [0.15, 0.2) is 9.84 Å². The fraction of sp³-hybridized carbons (Fsp3) is 0.533. The molecule has 1 aromatic rings. The van der Waals surface area contributed by atoms with Crippen molar-refractivity contribution in [3.05, 3.63) is 29.3 Å². The summed E-state index contributed by atoms with van der Waals surface area (Å²) in [4.78, 5) is 12.5. The second kappa shape index (κ2) is 7.44. The number of aryl methyl sites for hydroxylation is 1. The molecule has 1 heterocycles. The molecule has 1 saturated heterocycles. The van der Waals surface area contributed by atoms with Gasteiger partial charge in [0.2, 0.25) is 0 Å². The molecule has 2 unspecified atom stereocenters. The molecule has 5 nitrogen and oxygen atoms in total. The number of hydrogen-bond acceptors (Lipinski definition) is 4. The number of benzene rings is 1. The molecule has 7 heteroatoms. The van der Waals surface area contributed by atoms with Crippen molar-refractivity contribution in [2.24, 2.45) is 0 Å². The van der Waals surface area contributed by atoms with E-state index in [1.54, 1.807) is 19.1 Å². The number of hydrogen-bond donors (Lipinski definition) is 2. The largest absolute Gasteiger partial charge is 0.349 e. The zero-order valence-electron chi connectivity index (χ0n) is 13.0. The standard InChI is InChI=1S/C15H22N2O3S.ClH/c1-10-4-5-12(9-14(10)21(3,19)20)15(18)17-13-6-7-16-11(2)8-13;/h4-5,9,11,13,16H,6-8H2,1-3H3,(H,17,18);1H. The van der Waals surface area contributed by atoms with Gasteiger partial charge in [0.05, 0.1) is 4.90 Å². The highest BCUT2D eigenvalue weighted by Gasteiger charge is 2.21. The minimum Gasteiger partial charge on any atom is -0.349 e. The smallest absolute Gasteiger partial charge is 0.251 e. The maximum atomic E-state index is 12.3. The number of carbonyl (C=O) groups is 1. The van der Waals surface area contributed by atoms with E-state index in [1.165, 1.54) is 6.07 Å². The molecular weight excluding hydrogens is 324 g/mol. The number of nitrogens with one attached hydrogen (secondary N) is 2. The van der Waals surface area contributed by atoms with Gasteiger partial charge in [-0.25, -0.2) is 8.42 Å². The summed E-state index contributed by atoms with van der Waals surface area (Å²) >= 11 is 0. The first kappa shape index (κ1) is 18.9. The van der Waals surface area contributed by atoms with Crippen LogP contribution in [0.1, 0.15) is 35.7 Å². The van der Waals surface area contributed by atoms with Crippen molar-refractivity contribution in [1.29, 1.82) is 0 Å². The van der Waals surface area contributed by atoms with Gasteiger partial charge in [-0.1, -0.05) is 6.07 Å². The van der Waals surface area contributed by atoms with E-state index in [0.29, 0.717) is 17.2 Å². The molecule has 0 radical (unpaired) electrons.